The molecule has 0 radical (unpaired) electrons. The van der Waals surface area contributed by atoms with Crippen molar-refractivity contribution in [1.29, 1.82) is 0 Å². The average molecular weight is 340 g/mol. The lowest BCUT2D eigenvalue weighted by Gasteiger charge is -2.23. The third-order valence-electron chi connectivity index (χ3n) is 3.24. The molecule has 4 nitrogen and oxygen atoms in total. The maximum absolute atomic E-state index is 12.1. The normalized spacial score (nSPS) is 11.8. The molecule has 2 N–H and O–H groups in total. The molecular weight excluding hydrogens is 322 g/mol. The van der Waals surface area contributed by atoms with Crippen LogP contribution in [-0.2, 0) is 0 Å². The summed E-state index contributed by atoms with van der Waals surface area (Å²) in [6, 6.07) is 7.40. The van der Waals surface area contributed by atoms with Crippen LogP contribution in [0.15, 0.2) is 33.2 Å². The van der Waals surface area contributed by atoms with Crippen molar-refractivity contribution in [2.24, 2.45) is 5.41 Å². The number of amides is 1. The van der Waals surface area contributed by atoms with Gasteiger partial charge in [-0.15, -0.1) is 0 Å². The Morgan fingerprint density at radius 2 is 2.20 bits per heavy atom. The van der Waals surface area contributed by atoms with Crippen molar-refractivity contribution in [3.63, 3.8) is 0 Å². The minimum Gasteiger partial charge on any atom is -0.450 e. The van der Waals surface area contributed by atoms with Gasteiger partial charge in [-0.05, 0) is 39.9 Å². The van der Waals surface area contributed by atoms with Crippen molar-refractivity contribution in [1.82, 2.24) is 5.32 Å². The van der Waals surface area contributed by atoms with Crippen LogP contribution in [0.1, 0.15) is 30.8 Å². The van der Waals surface area contributed by atoms with E-state index >= 15 is 0 Å². The molecule has 5 heteroatoms. The Hall–Kier alpha value is -1.33. The van der Waals surface area contributed by atoms with E-state index in [1.54, 1.807) is 6.07 Å². The molecule has 0 bridgehead atoms. The number of aliphatic hydroxyl groups excluding tert-OH is 1. The molecule has 0 saturated carbocycles. The molecule has 1 heterocycles. The first-order valence-electron chi connectivity index (χ1n) is 6.50. The summed E-state index contributed by atoms with van der Waals surface area (Å²) in [6.07, 6.45) is 0.638. The quantitative estimate of drug-likeness (QED) is 0.878. The first-order chi connectivity index (χ1) is 9.43. The van der Waals surface area contributed by atoms with Crippen LogP contribution in [0, 0.1) is 5.41 Å². The zero-order chi connectivity index (χ0) is 14.8. The molecule has 0 unspecified atom stereocenters. The molecule has 0 spiro atoms. The van der Waals surface area contributed by atoms with Gasteiger partial charge < -0.3 is 14.8 Å². The van der Waals surface area contributed by atoms with Gasteiger partial charge in [-0.1, -0.05) is 26.0 Å². The molecule has 0 aliphatic carbocycles. The topological polar surface area (TPSA) is 62.5 Å². The van der Waals surface area contributed by atoms with Crippen LogP contribution >= 0.6 is 15.9 Å². The summed E-state index contributed by atoms with van der Waals surface area (Å²) in [4.78, 5) is 12.1. The summed E-state index contributed by atoms with van der Waals surface area (Å²) in [5.41, 5.74) is 0.532. The molecule has 1 aromatic carbocycles. The molecule has 108 valence electrons. The number of aliphatic hydroxyl groups is 1. The van der Waals surface area contributed by atoms with Gasteiger partial charge in [-0.25, -0.2) is 0 Å². The number of carbonyl (C=O) groups excluding carboxylic acids is 1. The smallest absolute Gasteiger partial charge is 0.287 e. The zero-order valence-electron chi connectivity index (χ0n) is 11.6. The van der Waals surface area contributed by atoms with E-state index in [-0.39, 0.29) is 17.9 Å². The van der Waals surface area contributed by atoms with Gasteiger partial charge in [0.05, 0.1) is 4.47 Å². The van der Waals surface area contributed by atoms with Crippen LogP contribution < -0.4 is 5.32 Å². The van der Waals surface area contributed by atoms with Gasteiger partial charge in [-0.2, -0.15) is 0 Å². The number of benzene rings is 1. The Balaban J connectivity index is 2.10. The third kappa shape index (κ3) is 3.41. The lowest BCUT2D eigenvalue weighted by Crippen LogP contribution is -2.34. The summed E-state index contributed by atoms with van der Waals surface area (Å²) in [6.45, 7) is 4.60. The second-order valence-electron chi connectivity index (χ2n) is 5.59. The first kappa shape index (κ1) is 15.1. The Morgan fingerprint density at radius 3 is 2.85 bits per heavy atom. The number of hydrogen-bond donors (Lipinski definition) is 2. The molecular formula is C15H18BrNO3. The van der Waals surface area contributed by atoms with E-state index in [1.807, 2.05) is 32.0 Å². The van der Waals surface area contributed by atoms with Crippen molar-refractivity contribution in [2.75, 3.05) is 13.2 Å². The number of para-hydroxylation sites is 1. The van der Waals surface area contributed by atoms with E-state index in [2.05, 4.69) is 21.2 Å². The Bertz CT molecular complexity index is 619. The van der Waals surface area contributed by atoms with Crippen molar-refractivity contribution in [3.8, 4) is 0 Å². The van der Waals surface area contributed by atoms with Crippen LogP contribution in [0.3, 0.4) is 0 Å². The fraction of sp³-hybridized carbons (Fsp3) is 0.400. The molecule has 20 heavy (non-hydrogen) atoms. The van der Waals surface area contributed by atoms with Gasteiger partial charge in [0, 0.05) is 18.5 Å². The lowest BCUT2D eigenvalue weighted by atomic mass is 9.90. The van der Waals surface area contributed by atoms with E-state index in [0.717, 1.165) is 9.86 Å². The van der Waals surface area contributed by atoms with E-state index in [9.17, 15) is 4.79 Å². The Labute approximate surface area is 126 Å². The second kappa shape index (κ2) is 5.97. The van der Waals surface area contributed by atoms with Crippen molar-refractivity contribution >= 4 is 32.8 Å². The predicted octanol–water partition coefficient (Wildman–Crippen LogP) is 3.33. The van der Waals surface area contributed by atoms with Gasteiger partial charge >= 0.3 is 0 Å². The van der Waals surface area contributed by atoms with E-state index < -0.39 is 0 Å². The minimum atomic E-state index is -0.237. The van der Waals surface area contributed by atoms with Crippen LogP contribution in [-0.4, -0.2) is 24.2 Å². The Morgan fingerprint density at radius 1 is 1.45 bits per heavy atom. The predicted molar refractivity (Wildman–Crippen MR) is 81.7 cm³/mol. The fourth-order valence-electron chi connectivity index (χ4n) is 1.94. The maximum atomic E-state index is 12.1. The van der Waals surface area contributed by atoms with Gasteiger partial charge in [0.25, 0.3) is 5.91 Å². The zero-order valence-corrected chi connectivity index (χ0v) is 13.2. The Kier molecular flexibility index (Phi) is 4.50. The van der Waals surface area contributed by atoms with Crippen molar-refractivity contribution in [3.05, 3.63) is 34.5 Å². The summed E-state index contributed by atoms with van der Waals surface area (Å²) < 4.78 is 6.41. The van der Waals surface area contributed by atoms with Gasteiger partial charge in [0.2, 0.25) is 0 Å². The lowest BCUT2D eigenvalue weighted by molar-refractivity contribution is 0.0902. The fourth-order valence-corrected chi connectivity index (χ4v) is 2.40. The number of rotatable bonds is 5. The third-order valence-corrected chi connectivity index (χ3v) is 3.86. The number of nitrogens with one attached hydrogen (secondary N) is 1. The molecule has 0 fully saturated rings. The number of fused-ring (bicyclic) bond motifs is 1. The number of hydrogen-bond acceptors (Lipinski definition) is 3. The van der Waals surface area contributed by atoms with Crippen LogP contribution in [0.5, 0.6) is 0 Å². The highest BCUT2D eigenvalue weighted by molar-refractivity contribution is 9.10. The van der Waals surface area contributed by atoms with Crippen LogP contribution in [0.4, 0.5) is 0 Å². The largest absolute Gasteiger partial charge is 0.450 e. The van der Waals surface area contributed by atoms with Gasteiger partial charge in [0.15, 0.2) is 5.76 Å². The number of halogens is 1. The van der Waals surface area contributed by atoms with E-state index in [4.69, 9.17) is 9.52 Å². The highest BCUT2D eigenvalue weighted by Gasteiger charge is 2.20. The van der Waals surface area contributed by atoms with E-state index in [1.165, 1.54) is 0 Å². The summed E-state index contributed by atoms with van der Waals surface area (Å²) >= 11 is 3.40. The van der Waals surface area contributed by atoms with Crippen LogP contribution in [0.2, 0.25) is 0 Å². The van der Waals surface area contributed by atoms with Crippen molar-refractivity contribution < 1.29 is 14.3 Å². The number of carbonyl (C=O) groups is 1. The molecule has 0 aliphatic rings. The monoisotopic (exact) mass is 339 g/mol. The minimum absolute atomic E-state index is 0.112. The van der Waals surface area contributed by atoms with Gasteiger partial charge in [0.1, 0.15) is 5.58 Å². The molecule has 1 aromatic heterocycles. The summed E-state index contributed by atoms with van der Waals surface area (Å²) in [5, 5.41) is 12.7. The summed E-state index contributed by atoms with van der Waals surface area (Å²) in [7, 11) is 0. The van der Waals surface area contributed by atoms with Crippen molar-refractivity contribution in [2.45, 2.75) is 20.3 Å². The standard InChI is InChI=1S/C15H18BrNO3/c1-15(2,6-7-18)9-17-14(19)12-8-10-4-3-5-11(16)13(10)20-12/h3-5,8,18H,6-7,9H2,1-2H3,(H,17,19). The average Bonchev–Trinajstić information content (AvgIpc) is 2.81. The molecule has 2 aromatic rings. The SMILES string of the molecule is CC(C)(CCO)CNC(=O)c1cc2cccc(Br)c2o1. The number of furan rings is 1. The van der Waals surface area contributed by atoms with Crippen LogP contribution in [0.25, 0.3) is 11.0 Å². The first-order valence-corrected chi connectivity index (χ1v) is 7.29. The molecule has 1 amide bonds. The van der Waals surface area contributed by atoms with Gasteiger partial charge in [-0.3, -0.25) is 4.79 Å². The maximum Gasteiger partial charge on any atom is 0.287 e. The molecule has 2 rings (SSSR count). The highest BCUT2D eigenvalue weighted by atomic mass is 79.9. The highest BCUT2D eigenvalue weighted by Crippen LogP contribution is 2.27. The second-order valence-corrected chi connectivity index (χ2v) is 6.44. The summed E-state index contributed by atoms with van der Waals surface area (Å²) in [5.74, 6) is 0.0609. The molecule has 0 saturated heterocycles. The molecule has 0 atom stereocenters. The van der Waals surface area contributed by atoms with E-state index in [0.29, 0.717) is 24.3 Å². The molecule has 0 aliphatic heterocycles.